The van der Waals surface area contributed by atoms with Crippen molar-refractivity contribution in [1.29, 1.82) is 0 Å². The number of nitrogens with zero attached hydrogens (tertiary/aromatic N) is 3. The van der Waals surface area contributed by atoms with E-state index in [4.69, 9.17) is 0 Å². The zero-order chi connectivity index (χ0) is 12.3. The molecule has 4 nitrogen and oxygen atoms in total. The number of hydrogen-bond donors (Lipinski definition) is 1. The van der Waals surface area contributed by atoms with E-state index in [0.717, 1.165) is 16.1 Å². The highest BCUT2D eigenvalue weighted by Crippen LogP contribution is 2.32. The maximum atomic E-state index is 4.39. The Morgan fingerprint density at radius 3 is 2.65 bits per heavy atom. The molecule has 0 aromatic carbocycles. The second kappa shape index (κ2) is 5.67. The molecule has 5 heteroatoms. The van der Waals surface area contributed by atoms with Gasteiger partial charge in [0.25, 0.3) is 0 Å². The molecule has 1 saturated carbocycles. The first-order valence-corrected chi connectivity index (χ1v) is 6.94. The molecule has 1 heterocycles. The fourth-order valence-corrected chi connectivity index (χ4v) is 3.10. The highest BCUT2D eigenvalue weighted by molar-refractivity contribution is 9.10. The fourth-order valence-electron chi connectivity index (χ4n) is 2.42. The summed E-state index contributed by atoms with van der Waals surface area (Å²) in [4.78, 5) is 10.9. The molecular weight excluding hydrogens is 280 g/mol. The molecule has 0 saturated heterocycles. The van der Waals surface area contributed by atoms with E-state index in [1.54, 1.807) is 6.33 Å². The van der Waals surface area contributed by atoms with Crippen molar-refractivity contribution < 1.29 is 0 Å². The van der Waals surface area contributed by atoms with Crippen molar-refractivity contribution in [3.63, 3.8) is 0 Å². The Labute approximate surface area is 111 Å². The van der Waals surface area contributed by atoms with Gasteiger partial charge in [0.15, 0.2) is 0 Å². The number of rotatable bonds is 3. The Morgan fingerprint density at radius 2 is 2.00 bits per heavy atom. The van der Waals surface area contributed by atoms with Gasteiger partial charge in [0.05, 0.1) is 0 Å². The Kier molecular flexibility index (Phi) is 4.20. The lowest BCUT2D eigenvalue weighted by Crippen LogP contribution is -2.34. The third-order valence-corrected chi connectivity index (χ3v) is 4.19. The second-order valence-corrected chi connectivity index (χ2v) is 5.31. The smallest absolute Gasteiger partial charge is 0.148 e. The molecule has 1 aromatic heterocycles. The molecule has 0 spiro atoms. The van der Waals surface area contributed by atoms with E-state index >= 15 is 0 Å². The number of hydrogen-bond acceptors (Lipinski definition) is 4. The summed E-state index contributed by atoms with van der Waals surface area (Å²) in [5, 5.41) is 3.07. The minimum atomic E-state index is 0.611. The van der Waals surface area contributed by atoms with Crippen molar-refractivity contribution in [1.82, 2.24) is 9.97 Å². The molecule has 2 rings (SSSR count). The van der Waals surface area contributed by atoms with Gasteiger partial charge in [0.2, 0.25) is 0 Å². The van der Waals surface area contributed by atoms with Crippen LogP contribution in [-0.2, 0) is 0 Å². The van der Waals surface area contributed by atoms with E-state index in [1.807, 2.05) is 7.05 Å². The molecule has 0 unspecified atom stereocenters. The molecule has 1 aliphatic rings. The summed E-state index contributed by atoms with van der Waals surface area (Å²) in [6.07, 6.45) is 8.18. The molecule has 0 atom stereocenters. The third-order valence-electron chi connectivity index (χ3n) is 3.46. The van der Waals surface area contributed by atoms with Crippen LogP contribution >= 0.6 is 15.9 Å². The summed E-state index contributed by atoms with van der Waals surface area (Å²) >= 11 is 3.58. The summed E-state index contributed by atoms with van der Waals surface area (Å²) in [5.41, 5.74) is 0. The molecule has 1 aliphatic carbocycles. The highest BCUT2D eigenvalue weighted by atomic mass is 79.9. The quantitative estimate of drug-likeness (QED) is 0.931. The number of aromatic nitrogens is 2. The van der Waals surface area contributed by atoms with Gasteiger partial charge >= 0.3 is 0 Å². The van der Waals surface area contributed by atoms with Gasteiger partial charge in [-0.1, -0.05) is 19.3 Å². The first kappa shape index (κ1) is 12.6. The van der Waals surface area contributed by atoms with Crippen LogP contribution in [0, 0.1) is 0 Å². The van der Waals surface area contributed by atoms with Crippen LogP contribution in [0.15, 0.2) is 10.8 Å². The second-order valence-electron chi connectivity index (χ2n) is 4.51. The first-order valence-electron chi connectivity index (χ1n) is 6.15. The average molecular weight is 299 g/mol. The minimum absolute atomic E-state index is 0.611. The van der Waals surface area contributed by atoms with E-state index < -0.39 is 0 Å². The van der Waals surface area contributed by atoms with Crippen molar-refractivity contribution in [3.8, 4) is 0 Å². The third kappa shape index (κ3) is 2.70. The van der Waals surface area contributed by atoms with Crippen LogP contribution in [0.2, 0.25) is 0 Å². The number of nitrogens with one attached hydrogen (secondary N) is 1. The largest absolute Gasteiger partial charge is 0.372 e. The van der Waals surface area contributed by atoms with E-state index in [9.17, 15) is 0 Å². The van der Waals surface area contributed by atoms with E-state index in [0.29, 0.717) is 6.04 Å². The van der Waals surface area contributed by atoms with Gasteiger partial charge in [0, 0.05) is 20.1 Å². The maximum Gasteiger partial charge on any atom is 0.148 e. The Balaban J connectivity index is 2.20. The van der Waals surface area contributed by atoms with Gasteiger partial charge in [-0.25, -0.2) is 9.97 Å². The lowest BCUT2D eigenvalue weighted by Gasteiger charge is -2.32. The first-order chi connectivity index (χ1) is 8.24. The van der Waals surface area contributed by atoms with Gasteiger partial charge in [-0.2, -0.15) is 0 Å². The molecule has 0 amide bonds. The van der Waals surface area contributed by atoms with Gasteiger partial charge in [-0.15, -0.1) is 0 Å². The Hall–Kier alpha value is -0.840. The summed E-state index contributed by atoms with van der Waals surface area (Å²) in [6.45, 7) is 0. The average Bonchev–Trinajstić information content (AvgIpc) is 2.39. The van der Waals surface area contributed by atoms with E-state index in [2.05, 4.69) is 43.2 Å². The summed E-state index contributed by atoms with van der Waals surface area (Å²) in [7, 11) is 4.00. The van der Waals surface area contributed by atoms with Crippen LogP contribution in [0.3, 0.4) is 0 Å². The predicted molar refractivity (Wildman–Crippen MR) is 74.6 cm³/mol. The number of anilines is 2. The normalized spacial score (nSPS) is 16.9. The van der Waals surface area contributed by atoms with E-state index in [1.165, 1.54) is 32.1 Å². The van der Waals surface area contributed by atoms with Crippen LogP contribution in [-0.4, -0.2) is 30.1 Å². The topological polar surface area (TPSA) is 41.1 Å². The van der Waals surface area contributed by atoms with Crippen molar-refractivity contribution >= 4 is 27.6 Å². The van der Waals surface area contributed by atoms with Crippen LogP contribution in [0.25, 0.3) is 0 Å². The molecule has 17 heavy (non-hydrogen) atoms. The van der Waals surface area contributed by atoms with Crippen molar-refractivity contribution in [2.45, 2.75) is 38.1 Å². The fraction of sp³-hybridized carbons (Fsp3) is 0.667. The van der Waals surface area contributed by atoms with Crippen molar-refractivity contribution in [3.05, 3.63) is 10.8 Å². The van der Waals surface area contributed by atoms with Crippen molar-refractivity contribution in [2.75, 3.05) is 24.3 Å². The highest BCUT2D eigenvalue weighted by Gasteiger charge is 2.21. The zero-order valence-corrected chi connectivity index (χ0v) is 12.0. The summed E-state index contributed by atoms with van der Waals surface area (Å²) in [5.74, 6) is 1.83. The number of halogens is 1. The predicted octanol–water partition coefficient (Wildman–Crippen LogP) is 3.05. The Bertz CT molecular complexity index is 377. The van der Waals surface area contributed by atoms with Crippen LogP contribution < -0.4 is 10.2 Å². The standard InChI is InChI=1S/C12H19BrN4/c1-14-11-10(13)12(16-8-15-11)17(2)9-6-4-3-5-7-9/h8-9H,3-7H2,1-2H3,(H,14,15,16). The molecule has 1 fully saturated rings. The molecule has 0 radical (unpaired) electrons. The van der Waals surface area contributed by atoms with Gasteiger partial charge in [0.1, 0.15) is 22.4 Å². The van der Waals surface area contributed by atoms with Gasteiger partial charge in [-0.3, -0.25) is 0 Å². The van der Waals surface area contributed by atoms with Crippen LogP contribution in [0.4, 0.5) is 11.6 Å². The monoisotopic (exact) mass is 298 g/mol. The molecular formula is C12H19BrN4. The van der Waals surface area contributed by atoms with Crippen molar-refractivity contribution in [2.24, 2.45) is 0 Å². The lowest BCUT2D eigenvalue weighted by atomic mass is 9.94. The maximum absolute atomic E-state index is 4.39. The zero-order valence-electron chi connectivity index (χ0n) is 10.4. The minimum Gasteiger partial charge on any atom is -0.372 e. The molecule has 1 aromatic rings. The van der Waals surface area contributed by atoms with Crippen LogP contribution in [0.1, 0.15) is 32.1 Å². The lowest BCUT2D eigenvalue weighted by molar-refractivity contribution is 0.425. The Morgan fingerprint density at radius 1 is 1.29 bits per heavy atom. The molecule has 94 valence electrons. The van der Waals surface area contributed by atoms with Gasteiger partial charge < -0.3 is 10.2 Å². The SMILES string of the molecule is CNc1ncnc(N(C)C2CCCCC2)c1Br. The van der Waals surface area contributed by atoms with E-state index in [-0.39, 0.29) is 0 Å². The summed E-state index contributed by atoms with van der Waals surface area (Å²) < 4.78 is 0.954. The molecule has 1 N–H and O–H groups in total. The van der Waals surface area contributed by atoms with Gasteiger partial charge in [-0.05, 0) is 28.8 Å². The summed E-state index contributed by atoms with van der Waals surface area (Å²) in [6, 6.07) is 0.611. The molecule has 0 aliphatic heterocycles. The molecule has 0 bridgehead atoms. The van der Waals surface area contributed by atoms with Crippen LogP contribution in [0.5, 0.6) is 0 Å².